The molecule has 0 aliphatic carbocycles. The Morgan fingerprint density at radius 1 is 1.47 bits per heavy atom. The molecule has 1 aromatic heterocycles. The Kier molecular flexibility index (Phi) is 3.32. The highest BCUT2D eigenvalue weighted by molar-refractivity contribution is 7.08. The van der Waals surface area contributed by atoms with Gasteiger partial charge in [0.2, 0.25) is 0 Å². The minimum Gasteiger partial charge on any atom is -0.368 e. The van der Waals surface area contributed by atoms with Crippen molar-refractivity contribution in [1.29, 1.82) is 0 Å². The predicted octanol–water partition coefficient (Wildman–Crippen LogP) is 2.72. The molecule has 1 N–H and O–H groups in total. The number of rotatable bonds is 3. The van der Waals surface area contributed by atoms with E-state index in [9.17, 15) is 0 Å². The van der Waals surface area contributed by atoms with Crippen LogP contribution in [0.15, 0.2) is 16.8 Å². The molecule has 0 atom stereocenters. The van der Waals surface area contributed by atoms with Gasteiger partial charge in [-0.1, -0.05) is 13.8 Å². The maximum Gasteiger partial charge on any atom is 0.0475 e. The summed E-state index contributed by atoms with van der Waals surface area (Å²) in [7, 11) is 0. The van der Waals surface area contributed by atoms with E-state index in [0.717, 1.165) is 19.6 Å². The molecule has 0 spiro atoms. The molecule has 1 fully saturated rings. The van der Waals surface area contributed by atoms with Gasteiger partial charge in [-0.15, -0.1) is 0 Å². The number of nitrogens with zero attached hydrogens (tertiary/aromatic N) is 1. The van der Waals surface area contributed by atoms with Crippen molar-refractivity contribution in [3.63, 3.8) is 0 Å². The summed E-state index contributed by atoms with van der Waals surface area (Å²) in [4.78, 5) is 2.51. The Morgan fingerprint density at radius 3 is 2.87 bits per heavy atom. The van der Waals surface area contributed by atoms with Gasteiger partial charge in [0.15, 0.2) is 0 Å². The summed E-state index contributed by atoms with van der Waals surface area (Å²) in [5, 5.41) is 8.10. The summed E-state index contributed by atoms with van der Waals surface area (Å²) >= 11 is 1.79. The number of anilines is 1. The molecule has 0 saturated carbocycles. The van der Waals surface area contributed by atoms with Gasteiger partial charge in [0.25, 0.3) is 0 Å². The first-order chi connectivity index (χ1) is 7.29. The van der Waals surface area contributed by atoms with Crippen LogP contribution in [0.4, 0.5) is 5.69 Å². The Bertz CT molecular complexity index is 291. The van der Waals surface area contributed by atoms with Gasteiger partial charge in [-0.2, -0.15) is 11.3 Å². The third-order valence-corrected chi connectivity index (χ3v) is 4.27. The van der Waals surface area contributed by atoms with Crippen LogP contribution in [-0.4, -0.2) is 25.2 Å². The molecule has 0 bridgehead atoms. The number of hydrogen-bond donors (Lipinski definition) is 1. The maximum absolute atomic E-state index is 3.69. The fourth-order valence-corrected chi connectivity index (χ4v) is 3.00. The molecule has 0 radical (unpaired) electrons. The standard InChI is InChI=1S/C12H20N2S/c1-3-12(4-2)10-14(7-6-13-12)11-5-8-15-9-11/h5,8-9,13H,3-4,6-7,10H2,1-2H3. The van der Waals surface area contributed by atoms with Gasteiger partial charge in [-0.25, -0.2) is 0 Å². The van der Waals surface area contributed by atoms with E-state index < -0.39 is 0 Å². The molecule has 0 aromatic carbocycles. The second-order valence-corrected chi connectivity index (χ2v) is 5.10. The van der Waals surface area contributed by atoms with Crippen molar-refractivity contribution in [2.75, 3.05) is 24.5 Å². The van der Waals surface area contributed by atoms with E-state index in [4.69, 9.17) is 0 Å². The SMILES string of the molecule is CCC1(CC)CN(c2ccsc2)CCN1. The van der Waals surface area contributed by atoms with Crippen LogP contribution in [-0.2, 0) is 0 Å². The van der Waals surface area contributed by atoms with Crippen molar-refractivity contribution >= 4 is 17.0 Å². The number of hydrogen-bond acceptors (Lipinski definition) is 3. The fraction of sp³-hybridized carbons (Fsp3) is 0.667. The summed E-state index contributed by atoms with van der Waals surface area (Å²) in [5.41, 5.74) is 1.73. The third kappa shape index (κ3) is 2.18. The highest BCUT2D eigenvalue weighted by atomic mass is 32.1. The van der Waals surface area contributed by atoms with Gasteiger partial charge >= 0.3 is 0 Å². The van der Waals surface area contributed by atoms with Crippen molar-refractivity contribution < 1.29 is 0 Å². The van der Waals surface area contributed by atoms with Crippen LogP contribution in [0.25, 0.3) is 0 Å². The zero-order valence-corrected chi connectivity index (χ0v) is 10.4. The maximum atomic E-state index is 3.69. The predicted molar refractivity (Wildman–Crippen MR) is 67.8 cm³/mol. The van der Waals surface area contributed by atoms with E-state index in [1.165, 1.54) is 18.5 Å². The Morgan fingerprint density at radius 2 is 2.27 bits per heavy atom. The first-order valence-electron chi connectivity index (χ1n) is 5.82. The summed E-state index contributed by atoms with van der Waals surface area (Å²) in [5.74, 6) is 0. The largest absolute Gasteiger partial charge is 0.368 e. The molecule has 1 aliphatic heterocycles. The van der Waals surface area contributed by atoms with Crippen LogP contribution in [0.2, 0.25) is 0 Å². The molecule has 1 saturated heterocycles. The lowest BCUT2D eigenvalue weighted by atomic mass is 9.90. The molecule has 15 heavy (non-hydrogen) atoms. The molecular formula is C12H20N2S. The molecular weight excluding hydrogens is 204 g/mol. The smallest absolute Gasteiger partial charge is 0.0475 e. The van der Waals surface area contributed by atoms with Crippen LogP contribution in [0, 0.1) is 0 Å². The molecule has 0 amide bonds. The summed E-state index contributed by atoms with van der Waals surface area (Å²) in [6.07, 6.45) is 2.42. The van der Waals surface area contributed by atoms with Gasteiger partial charge in [-0.3, -0.25) is 0 Å². The van der Waals surface area contributed by atoms with E-state index in [1.54, 1.807) is 11.3 Å². The fourth-order valence-electron chi connectivity index (χ4n) is 2.34. The average Bonchev–Trinajstić information content (AvgIpc) is 2.82. The second kappa shape index (κ2) is 4.54. The van der Waals surface area contributed by atoms with Crippen molar-refractivity contribution in [2.45, 2.75) is 32.2 Å². The summed E-state index contributed by atoms with van der Waals surface area (Å²) < 4.78 is 0. The first-order valence-corrected chi connectivity index (χ1v) is 6.76. The third-order valence-electron chi connectivity index (χ3n) is 3.60. The molecule has 1 aromatic rings. The monoisotopic (exact) mass is 224 g/mol. The highest BCUT2D eigenvalue weighted by Crippen LogP contribution is 2.25. The molecule has 84 valence electrons. The lowest BCUT2D eigenvalue weighted by molar-refractivity contribution is 0.277. The van der Waals surface area contributed by atoms with Crippen molar-refractivity contribution in [1.82, 2.24) is 5.32 Å². The van der Waals surface area contributed by atoms with Crippen LogP contribution in [0.1, 0.15) is 26.7 Å². The Hall–Kier alpha value is -0.540. The Balaban J connectivity index is 2.10. The molecule has 2 rings (SSSR count). The topological polar surface area (TPSA) is 15.3 Å². The summed E-state index contributed by atoms with van der Waals surface area (Å²) in [6.45, 7) is 7.97. The van der Waals surface area contributed by atoms with Crippen molar-refractivity contribution in [2.24, 2.45) is 0 Å². The quantitative estimate of drug-likeness (QED) is 0.849. The van der Waals surface area contributed by atoms with Gasteiger partial charge < -0.3 is 10.2 Å². The van der Waals surface area contributed by atoms with Crippen LogP contribution < -0.4 is 10.2 Å². The second-order valence-electron chi connectivity index (χ2n) is 4.32. The van der Waals surface area contributed by atoms with Crippen molar-refractivity contribution in [3.05, 3.63) is 16.8 Å². The average molecular weight is 224 g/mol. The number of nitrogens with one attached hydrogen (secondary N) is 1. The lowest BCUT2D eigenvalue weighted by Crippen LogP contribution is -2.60. The molecule has 1 aliphatic rings. The van der Waals surface area contributed by atoms with Gasteiger partial charge in [-0.05, 0) is 24.3 Å². The normalized spacial score (nSPS) is 20.5. The van der Waals surface area contributed by atoms with E-state index in [-0.39, 0.29) is 0 Å². The van der Waals surface area contributed by atoms with E-state index in [2.05, 4.69) is 40.9 Å². The van der Waals surface area contributed by atoms with Gasteiger partial charge in [0.05, 0.1) is 0 Å². The number of piperazine rings is 1. The Labute approximate surface area is 96.3 Å². The van der Waals surface area contributed by atoms with Crippen LogP contribution in [0.3, 0.4) is 0 Å². The zero-order chi connectivity index (χ0) is 10.7. The number of thiophene rings is 1. The molecule has 3 heteroatoms. The van der Waals surface area contributed by atoms with E-state index >= 15 is 0 Å². The summed E-state index contributed by atoms with van der Waals surface area (Å²) in [6, 6.07) is 2.23. The minimum atomic E-state index is 0.334. The van der Waals surface area contributed by atoms with Crippen molar-refractivity contribution in [3.8, 4) is 0 Å². The highest BCUT2D eigenvalue weighted by Gasteiger charge is 2.31. The molecule has 2 nitrogen and oxygen atoms in total. The first kappa shape index (κ1) is 11.0. The van der Waals surface area contributed by atoms with Gasteiger partial charge in [0, 0.05) is 36.2 Å². The van der Waals surface area contributed by atoms with Crippen LogP contribution >= 0.6 is 11.3 Å². The molecule has 0 unspecified atom stereocenters. The van der Waals surface area contributed by atoms with Gasteiger partial charge in [0.1, 0.15) is 0 Å². The van der Waals surface area contributed by atoms with Crippen LogP contribution in [0.5, 0.6) is 0 Å². The minimum absolute atomic E-state index is 0.334. The van der Waals surface area contributed by atoms with E-state index in [1.807, 2.05) is 0 Å². The lowest BCUT2D eigenvalue weighted by Gasteiger charge is -2.43. The zero-order valence-electron chi connectivity index (χ0n) is 9.62. The van der Waals surface area contributed by atoms with E-state index in [0.29, 0.717) is 5.54 Å². The molecule has 2 heterocycles.